The lowest BCUT2D eigenvalue weighted by Gasteiger charge is -2.45. The molecular weight excluding hydrogens is 463 g/mol. The number of carbonyl (C=O) groups is 3. The van der Waals surface area contributed by atoms with Crippen LogP contribution in [0.5, 0.6) is 0 Å². The number of alkyl halides is 3. The number of nitrogens with two attached hydrogens (primary N) is 1. The third-order valence-electron chi connectivity index (χ3n) is 5.48. The quantitative estimate of drug-likeness (QED) is 0.118. The summed E-state index contributed by atoms with van der Waals surface area (Å²) in [5.41, 5.74) is 5.26. The van der Waals surface area contributed by atoms with Crippen molar-refractivity contribution in [2.45, 2.75) is 56.6 Å². The molecule has 0 bridgehead atoms. The van der Waals surface area contributed by atoms with E-state index in [1.165, 1.54) is 13.0 Å². The van der Waals surface area contributed by atoms with Crippen molar-refractivity contribution >= 4 is 23.8 Å². The fraction of sp³-hybridized carbons (Fsp3) is 0.700. The lowest BCUT2D eigenvalue weighted by atomic mass is 9.84. The summed E-state index contributed by atoms with van der Waals surface area (Å²) >= 11 is 0. The molecule has 0 radical (unpaired) electrons. The Morgan fingerprint density at radius 2 is 1.97 bits per heavy atom. The van der Waals surface area contributed by atoms with Crippen LogP contribution in [0, 0.1) is 5.41 Å². The standard InChI is InChI=1S/C20H30F3N5O6/c1-11(29)26-16-14(27-19(24)25)8-12(17(30)34-18(31)20(21,22)23)9-15(16)28-5-3-4-13(10-28)33-7-6-32-2/h9,13-16H,3-8,10H2,1-2H3,(H,26,29)(H4,24,25,27)/t13-,14-,15+,16+/m0/s1. The predicted molar refractivity (Wildman–Crippen MR) is 113 cm³/mol. The van der Waals surface area contributed by atoms with Crippen LogP contribution in [-0.2, 0) is 28.6 Å². The summed E-state index contributed by atoms with van der Waals surface area (Å²) in [6.07, 6.45) is -2.84. The first-order chi connectivity index (χ1) is 15.9. The minimum atomic E-state index is -5.33. The first kappa shape index (κ1) is 27.5. The van der Waals surface area contributed by atoms with Gasteiger partial charge in [0, 0.05) is 32.6 Å². The minimum absolute atomic E-state index is 0.168. The van der Waals surface area contributed by atoms with Crippen LogP contribution in [0.2, 0.25) is 0 Å². The number of halogens is 3. The van der Waals surface area contributed by atoms with Crippen molar-refractivity contribution in [3.63, 3.8) is 0 Å². The molecule has 0 unspecified atom stereocenters. The van der Waals surface area contributed by atoms with E-state index in [0.29, 0.717) is 26.3 Å². The smallest absolute Gasteiger partial charge is 0.383 e. The van der Waals surface area contributed by atoms with Gasteiger partial charge in [0.15, 0.2) is 5.96 Å². The zero-order valence-corrected chi connectivity index (χ0v) is 18.9. The van der Waals surface area contributed by atoms with Crippen LogP contribution in [0.15, 0.2) is 11.6 Å². The second kappa shape index (κ2) is 12.1. The molecule has 1 heterocycles. The highest BCUT2D eigenvalue weighted by atomic mass is 19.4. The summed E-state index contributed by atoms with van der Waals surface area (Å²) in [5, 5.41) is 13.0. The van der Waals surface area contributed by atoms with Gasteiger partial charge in [-0.25, -0.2) is 9.59 Å². The second-order valence-corrected chi connectivity index (χ2v) is 8.07. The molecule has 1 aliphatic carbocycles. The van der Waals surface area contributed by atoms with E-state index in [1.54, 1.807) is 7.11 Å². The summed E-state index contributed by atoms with van der Waals surface area (Å²) in [5.74, 6) is -4.92. The van der Waals surface area contributed by atoms with Crippen LogP contribution in [-0.4, -0.2) is 92.5 Å². The van der Waals surface area contributed by atoms with Crippen LogP contribution < -0.4 is 16.4 Å². The number of esters is 2. The van der Waals surface area contributed by atoms with Gasteiger partial charge in [0.05, 0.1) is 37.4 Å². The van der Waals surface area contributed by atoms with Crippen molar-refractivity contribution in [3.8, 4) is 0 Å². The predicted octanol–water partition coefficient (Wildman–Crippen LogP) is -0.199. The topological polar surface area (TPSA) is 156 Å². The molecule has 0 aromatic rings. The molecule has 5 N–H and O–H groups in total. The highest BCUT2D eigenvalue weighted by Crippen LogP contribution is 2.28. The van der Waals surface area contributed by atoms with Crippen LogP contribution >= 0.6 is 0 Å². The lowest BCUT2D eigenvalue weighted by Crippen LogP contribution is -2.64. The minimum Gasteiger partial charge on any atom is -0.383 e. The van der Waals surface area contributed by atoms with Crippen LogP contribution in [0.1, 0.15) is 26.2 Å². The molecule has 1 saturated heterocycles. The Bertz CT molecular complexity index is 806. The fourth-order valence-electron chi connectivity index (χ4n) is 4.10. The number of piperidine rings is 1. The maximum absolute atomic E-state index is 12.6. The average molecular weight is 493 g/mol. The lowest BCUT2D eigenvalue weighted by molar-refractivity contribution is -0.200. The molecule has 2 rings (SSSR count). The van der Waals surface area contributed by atoms with E-state index >= 15 is 0 Å². The van der Waals surface area contributed by atoms with Crippen molar-refractivity contribution < 1.29 is 41.8 Å². The van der Waals surface area contributed by atoms with Crippen LogP contribution in [0.4, 0.5) is 13.2 Å². The van der Waals surface area contributed by atoms with E-state index in [9.17, 15) is 27.6 Å². The Labute approximate surface area is 194 Å². The Kier molecular flexibility index (Phi) is 9.82. The molecule has 0 aromatic carbocycles. The Balaban J connectivity index is 2.34. The molecule has 34 heavy (non-hydrogen) atoms. The first-order valence-electron chi connectivity index (χ1n) is 10.7. The third-order valence-corrected chi connectivity index (χ3v) is 5.48. The molecule has 1 fully saturated rings. The molecule has 1 aliphatic heterocycles. The normalized spacial score (nSPS) is 25.7. The summed E-state index contributed by atoms with van der Waals surface area (Å²) in [6, 6.07) is -2.18. The van der Waals surface area contributed by atoms with E-state index in [0.717, 1.165) is 12.8 Å². The average Bonchev–Trinajstić information content (AvgIpc) is 2.73. The van der Waals surface area contributed by atoms with Gasteiger partial charge in [-0.05, 0) is 19.4 Å². The van der Waals surface area contributed by atoms with Crippen molar-refractivity contribution in [3.05, 3.63) is 11.6 Å². The van der Waals surface area contributed by atoms with Gasteiger partial charge < -0.3 is 30.6 Å². The zero-order chi connectivity index (χ0) is 25.5. The number of nitrogens with zero attached hydrogens (tertiary/aromatic N) is 1. The van der Waals surface area contributed by atoms with Crippen LogP contribution in [0.3, 0.4) is 0 Å². The molecule has 4 atom stereocenters. The van der Waals surface area contributed by atoms with Gasteiger partial charge in [-0.3, -0.25) is 15.1 Å². The highest BCUT2D eigenvalue weighted by molar-refractivity contribution is 5.98. The summed E-state index contributed by atoms with van der Waals surface area (Å²) in [4.78, 5) is 37.4. The zero-order valence-electron chi connectivity index (χ0n) is 18.9. The second-order valence-electron chi connectivity index (χ2n) is 8.07. The SMILES string of the molecule is COCCO[C@H]1CCCN([C@@H]2C=C(C(=O)OC(=O)C(F)(F)F)C[C@H](NC(=N)N)[C@H]2NC(C)=O)C1. The molecule has 0 saturated carbocycles. The Hall–Kier alpha value is -2.71. The van der Waals surface area contributed by atoms with E-state index in [1.807, 2.05) is 4.90 Å². The Morgan fingerprint density at radius 1 is 1.26 bits per heavy atom. The maximum atomic E-state index is 12.6. The first-order valence-corrected chi connectivity index (χ1v) is 10.7. The number of amides is 1. The van der Waals surface area contributed by atoms with E-state index in [-0.39, 0.29) is 24.0 Å². The molecule has 0 spiro atoms. The monoisotopic (exact) mass is 493 g/mol. The van der Waals surface area contributed by atoms with Gasteiger partial charge in [-0.15, -0.1) is 0 Å². The van der Waals surface area contributed by atoms with Gasteiger partial charge in [-0.2, -0.15) is 13.2 Å². The summed E-state index contributed by atoms with van der Waals surface area (Å²) < 4.78 is 52.6. The maximum Gasteiger partial charge on any atom is 0.491 e. The number of nitrogens with one attached hydrogen (secondary N) is 3. The number of hydrogen-bond acceptors (Lipinski definition) is 8. The number of ether oxygens (including phenoxy) is 3. The molecule has 192 valence electrons. The number of methoxy groups -OCH3 is 1. The summed E-state index contributed by atoms with van der Waals surface area (Å²) in [7, 11) is 1.55. The van der Waals surface area contributed by atoms with Gasteiger partial charge >= 0.3 is 18.1 Å². The third kappa shape index (κ3) is 7.95. The Morgan fingerprint density at radius 3 is 2.56 bits per heavy atom. The van der Waals surface area contributed by atoms with Gasteiger partial charge in [0.2, 0.25) is 5.91 Å². The highest BCUT2D eigenvalue weighted by Gasteiger charge is 2.45. The molecule has 2 aliphatic rings. The van der Waals surface area contributed by atoms with Crippen LogP contribution in [0.25, 0.3) is 0 Å². The van der Waals surface area contributed by atoms with Gasteiger partial charge in [0.25, 0.3) is 0 Å². The van der Waals surface area contributed by atoms with Gasteiger partial charge in [-0.1, -0.05) is 6.08 Å². The molecule has 0 aromatic heterocycles. The molecular formula is C20H30F3N5O6. The van der Waals surface area contributed by atoms with Gasteiger partial charge in [0.1, 0.15) is 0 Å². The number of carbonyl (C=O) groups excluding carboxylic acids is 3. The largest absolute Gasteiger partial charge is 0.491 e. The van der Waals surface area contributed by atoms with E-state index in [2.05, 4.69) is 15.4 Å². The fourth-order valence-corrected chi connectivity index (χ4v) is 4.10. The number of rotatable bonds is 8. The number of likely N-dealkylation sites (tertiary alicyclic amines) is 1. The molecule has 1 amide bonds. The number of guanidine groups is 1. The van der Waals surface area contributed by atoms with E-state index in [4.69, 9.17) is 20.6 Å². The molecule has 14 heteroatoms. The van der Waals surface area contributed by atoms with E-state index < -0.39 is 42.2 Å². The number of hydrogen-bond donors (Lipinski definition) is 4. The van der Waals surface area contributed by atoms with Crippen molar-refractivity contribution in [2.75, 3.05) is 33.4 Å². The van der Waals surface area contributed by atoms with Crippen molar-refractivity contribution in [2.24, 2.45) is 5.73 Å². The van der Waals surface area contributed by atoms with Crippen molar-refractivity contribution in [1.29, 1.82) is 5.41 Å². The summed E-state index contributed by atoms with van der Waals surface area (Å²) in [6.45, 7) is 3.04. The molecule has 11 nitrogen and oxygen atoms in total. The van der Waals surface area contributed by atoms with Crippen molar-refractivity contribution in [1.82, 2.24) is 15.5 Å².